The standard InChI is InChI=1S/C10H18N2O3S/c1-8(5-11-3)6-12-7-10(15-4)9(2)16(13)14/h5-6,9-10H,3,7H2,1-2,4H3,(H,13,14)/b8-5-,12-6?. The van der Waals surface area contributed by atoms with Crippen molar-refractivity contribution in [3.8, 4) is 0 Å². The molecule has 0 aliphatic heterocycles. The van der Waals surface area contributed by atoms with E-state index in [1.165, 1.54) is 7.11 Å². The number of hydrogen-bond acceptors (Lipinski definition) is 4. The molecule has 3 unspecified atom stereocenters. The van der Waals surface area contributed by atoms with E-state index >= 15 is 0 Å². The Bertz CT molecular complexity index is 302. The van der Waals surface area contributed by atoms with Gasteiger partial charge in [-0.25, -0.2) is 4.21 Å². The van der Waals surface area contributed by atoms with E-state index in [0.717, 1.165) is 5.57 Å². The lowest BCUT2D eigenvalue weighted by atomic mass is 10.2. The van der Waals surface area contributed by atoms with Gasteiger partial charge in [0.25, 0.3) is 0 Å². The predicted molar refractivity (Wildman–Crippen MR) is 67.7 cm³/mol. The Hall–Kier alpha value is -0.850. The maximum atomic E-state index is 10.8. The summed E-state index contributed by atoms with van der Waals surface area (Å²) in [7, 11) is 1.50. The number of nitrogens with zero attached hydrogens (tertiary/aromatic N) is 2. The molecule has 0 aromatic heterocycles. The smallest absolute Gasteiger partial charge is 0.158 e. The number of rotatable bonds is 7. The first kappa shape index (κ1) is 15.2. The highest BCUT2D eigenvalue weighted by Gasteiger charge is 2.20. The summed E-state index contributed by atoms with van der Waals surface area (Å²) >= 11 is -1.90. The number of ether oxygens (including phenoxy) is 1. The van der Waals surface area contributed by atoms with Gasteiger partial charge in [0.05, 0.1) is 17.9 Å². The Labute approximate surface area is 98.6 Å². The van der Waals surface area contributed by atoms with Crippen LogP contribution >= 0.6 is 0 Å². The first-order valence-corrected chi connectivity index (χ1v) is 5.94. The maximum Gasteiger partial charge on any atom is 0.158 e. The molecule has 5 nitrogen and oxygen atoms in total. The summed E-state index contributed by atoms with van der Waals surface area (Å²) in [5.41, 5.74) is 0.864. The Balaban J connectivity index is 4.30. The van der Waals surface area contributed by atoms with Crippen LogP contribution < -0.4 is 0 Å². The summed E-state index contributed by atoms with van der Waals surface area (Å²) in [6, 6.07) is 0. The number of aliphatic imine (C=N–C) groups is 2. The first-order chi connectivity index (χ1) is 7.52. The van der Waals surface area contributed by atoms with Crippen LogP contribution in [0.3, 0.4) is 0 Å². The van der Waals surface area contributed by atoms with E-state index in [4.69, 9.17) is 9.29 Å². The van der Waals surface area contributed by atoms with Crippen LogP contribution in [0.25, 0.3) is 0 Å². The summed E-state index contributed by atoms with van der Waals surface area (Å²) in [5, 5.41) is -0.469. The molecule has 0 aromatic carbocycles. The van der Waals surface area contributed by atoms with Crippen LogP contribution in [0.1, 0.15) is 13.8 Å². The molecule has 0 spiro atoms. The molecule has 0 aliphatic rings. The van der Waals surface area contributed by atoms with Gasteiger partial charge in [-0.1, -0.05) is 0 Å². The maximum absolute atomic E-state index is 10.8. The van der Waals surface area contributed by atoms with E-state index in [-0.39, 0.29) is 6.10 Å². The van der Waals surface area contributed by atoms with Crippen molar-refractivity contribution in [2.45, 2.75) is 25.2 Å². The summed E-state index contributed by atoms with van der Waals surface area (Å²) in [4.78, 5) is 7.71. The van der Waals surface area contributed by atoms with Crippen LogP contribution in [-0.4, -0.2) is 46.7 Å². The minimum Gasteiger partial charge on any atom is -0.378 e. The van der Waals surface area contributed by atoms with E-state index in [1.54, 1.807) is 19.3 Å². The van der Waals surface area contributed by atoms with E-state index in [9.17, 15) is 4.21 Å². The van der Waals surface area contributed by atoms with Crippen molar-refractivity contribution in [2.75, 3.05) is 13.7 Å². The highest BCUT2D eigenvalue weighted by molar-refractivity contribution is 7.79. The van der Waals surface area contributed by atoms with Crippen molar-refractivity contribution in [3.05, 3.63) is 11.8 Å². The van der Waals surface area contributed by atoms with Gasteiger partial charge in [0.15, 0.2) is 11.1 Å². The summed E-state index contributed by atoms with van der Waals surface area (Å²) in [5.74, 6) is 0. The summed E-state index contributed by atoms with van der Waals surface area (Å²) < 4.78 is 24.9. The zero-order valence-corrected chi connectivity index (χ0v) is 10.6. The van der Waals surface area contributed by atoms with E-state index in [2.05, 4.69) is 16.7 Å². The van der Waals surface area contributed by atoms with Gasteiger partial charge in [0, 0.05) is 19.5 Å². The summed E-state index contributed by atoms with van der Waals surface area (Å²) in [6.07, 6.45) is 2.85. The molecular weight excluding hydrogens is 228 g/mol. The third kappa shape index (κ3) is 5.89. The van der Waals surface area contributed by atoms with Crippen molar-refractivity contribution in [3.63, 3.8) is 0 Å². The molecule has 92 valence electrons. The zero-order valence-electron chi connectivity index (χ0n) is 9.79. The molecule has 0 amide bonds. The van der Waals surface area contributed by atoms with E-state index < -0.39 is 16.3 Å². The molecular formula is C10H18N2O3S. The van der Waals surface area contributed by atoms with Gasteiger partial charge in [0.1, 0.15) is 0 Å². The van der Waals surface area contributed by atoms with Crippen molar-refractivity contribution in [1.82, 2.24) is 0 Å². The van der Waals surface area contributed by atoms with Crippen molar-refractivity contribution < 1.29 is 13.5 Å². The number of methoxy groups -OCH3 is 1. The molecule has 0 heterocycles. The van der Waals surface area contributed by atoms with Crippen molar-refractivity contribution >= 4 is 24.0 Å². The minimum atomic E-state index is -1.90. The van der Waals surface area contributed by atoms with Gasteiger partial charge in [-0.3, -0.25) is 9.98 Å². The second-order valence-electron chi connectivity index (χ2n) is 3.31. The second-order valence-corrected chi connectivity index (χ2v) is 4.60. The average molecular weight is 246 g/mol. The molecule has 0 aliphatic carbocycles. The van der Waals surface area contributed by atoms with Crippen molar-refractivity contribution in [1.29, 1.82) is 0 Å². The molecule has 1 N–H and O–H groups in total. The van der Waals surface area contributed by atoms with Gasteiger partial charge in [0.2, 0.25) is 0 Å². The predicted octanol–water partition coefficient (Wildman–Crippen LogP) is 1.29. The van der Waals surface area contributed by atoms with Crippen LogP contribution in [0, 0.1) is 0 Å². The van der Waals surface area contributed by atoms with Gasteiger partial charge >= 0.3 is 0 Å². The van der Waals surface area contributed by atoms with Crippen LogP contribution in [-0.2, 0) is 15.8 Å². The fraction of sp³-hybridized carbons (Fsp3) is 0.600. The molecule has 6 heteroatoms. The molecule has 0 radical (unpaired) electrons. The molecule has 0 saturated carbocycles. The first-order valence-electron chi connectivity index (χ1n) is 4.77. The second kappa shape index (κ2) is 8.32. The van der Waals surface area contributed by atoms with Crippen LogP contribution in [0.15, 0.2) is 21.8 Å². The molecule has 0 rings (SSSR count). The molecule has 16 heavy (non-hydrogen) atoms. The van der Waals surface area contributed by atoms with Gasteiger partial charge < -0.3 is 9.29 Å². The fourth-order valence-corrected chi connectivity index (χ4v) is 1.48. The average Bonchev–Trinajstić information content (AvgIpc) is 2.23. The zero-order chi connectivity index (χ0) is 12.6. The van der Waals surface area contributed by atoms with Crippen LogP contribution in [0.2, 0.25) is 0 Å². The normalized spacial score (nSPS) is 18.4. The lowest BCUT2D eigenvalue weighted by Gasteiger charge is -2.17. The monoisotopic (exact) mass is 246 g/mol. The Kier molecular flexibility index (Phi) is 7.88. The molecule has 0 bridgehead atoms. The largest absolute Gasteiger partial charge is 0.378 e. The topological polar surface area (TPSA) is 71.2 Å². The highest BCUT2D eigenvalue weighted by atomic mass is 32.2. The Morgan fingerprint density at radius 1 is 1.69 bits per heavy atom. The Morgan fingerprint density at radius 3 is 2.75 bits per heavy atom. The lowest BCUT2D eigenvalue weighted by Crippen LogP contribution is -2.31. The van der Waals surface area contributed by atoms with Gasteiger partial charge in [-0.05, 0) is 26.1 Å². The van der Waals surface area contributed by atoms with Gasteiger partial charge in [-0.2, -0.15) is 0 Å². The van der Waals surface area contributed by atoms with Crippen molar-refractivity contribution in [2.24, 2.45) is 9.98 Å². The fourth-order valence-electron chi connectivity index (χ4n) is 1.02. The molecule has 3 atom stereocenters. The molecule has 0 saturated heterocycles. The van der Waals surface area contributed by atoms with E-state index in [1.807, 2.05) is 6.92 Å². The van der Waals surface area contributed by atoms with Crippen LogP contribution in [0.5, 0.6) is 0 Å². The number of hydrogen-bond donors (Lipinski definition) is 1. The molecule has 0 fully saturated rings. The third-order valence-corrected chi connectivity index (χ3v) is 2.96. The quantitative estimate of drug-likeness (QED) is 0.543. The minimum absolute atomic E-state index is 0.340. The number of allylic oxidation sites excluding steroid dienone is 1. The third-order valence-electron chi connectivity index (χ3n) is 2.02. The Morgan fingerprint density at radius 2 is 2.31 bits per heavy atom. The van der Waals surface area contributed by atoms with Gasteiger partial charge in [-0.15, -0.1) is 0 Å². The van der Waals surface area contributed by atoms with E-state index in [0.29, 0.717) is 6.54 Å². The molecule has 0 aromatic rings. The van der Waals surface area contributed by atoms with Crippen LogP contribution in [0.4, 0.5) is 0 Å². The lowest BCUT2D eigenvalue weighted by molar-refractivity contribution is 0.109. The highest BCUT2D eigenvalue weighted by Crippen LogP contribution is 2.05. The summed E-state index contributed by atoms with van der Waals surface area (Å²) in [6.45, 7) is 7.15. The SMILES string of the molecule is C=N/C=C(/C)C=NCC(OC)C(C)S(=O)O.